The third kappa shape index (κ3) is 3.87. The van der Waals surface area contributed by atoms with Gasteiger partial charge in [-0.3, -0.25) is 4.79 Å². The van der Waals surface area contributed by atoms with E-state index in [1.54, 1.807) is 25.1 Å². The fraction of sp³-hybridized carbons (Fsp3) is 0.636. The summed E-state index contributed by atoms with van der Waals surface area (Å²) in [4.78, 5) is 12.5. The van der Waals surface area contributed by atoms with Gasteiger partial charge in [0.25, 0.3) is 5.91 Å². The summed E-state index contributed by atoms with van der Waals surface area (Å²) in [5.41, 5.74) is 4.20. The van der Waals surface area contributed by atoms with E-state index in [-0.39, 0.29) is 11.3 Å². The zero-order chi connectivity index (χ0) is 19.0. The van der Waals surface area contributed by atoms with E-state index in [2.05, 4.69) is 17.5 Å². The molecule has 4 nitrogen and oxygen atoms in total. The molecule has 27 heavy (non-hydrogen) atoms. The number of nitrogens with zero attached hydrogens (tertiary/aromatic N) is 1. The van der Waals surface area contributed by atoms with Crippen molar-refractivity contribution in [1.82, 2.24) is 5.43 Å². The number of hydrogen-bond donors (Lipinski definition) is 1. The molecule has 5 heteroatoms. The smallest absolute Gasteiger partial charge is 0.280 e. The maximum absolute atomic E-state index is 12.5. The molecule has 1 amide bonds. The molecule has 5 rings (SSSR count). The Labute approximate surface area is 166 Å². The minimum absolute atomic E-state index is 0.217. The molecule has 1 unspecified atom stereocenters. The molecule has 4 fully saturated rings. The van der Waals surface area contributed by atoms with Crippen molar-refractivity contribution in [2.45, 2.75) is 64.9 Å². The van der Waals surface area contributed by atoms with Gasteiger partial charge in [-0.15, -0.1) is 0 Å². The van der Waals surface area contributed by atoms with Gasteiger partial charge in [0.1, 0.15) is 5.75 Å². The Kier molecular flexibility index (Phi) is 5.19. The van der Waals surface area contributed by atoms with E-state index in [0.717, 1.165) is 24.2 Å². The average Bonchev–Trinajstić information content (AvgIpc) is 2.60. The summed E-state index contributed by atoms with van der Waals surface area (Å²) < 4.78 is 5.71. The summed E-state index contributed by atoms with van der Waals surface area (Å²) in [6.07, 6.45) is 8.28. The first-order valence-corrected chi connectivity index (χ1v) is 10.6. The van der Waals surface area contributed by atoms with Gasteiger partial charge in [-0.2, -0.15) is 5.10 Å². The van der Waals surface area contributed by atoms with Gasteiger partial charge >= 0.3 is 0 Å². The van der Waals surface area contributed by atoms with Crippen LogP contribution >= 0.6 is 11.6 Å². The van der Waals surface area contributed by atoms with E-state index in [4.69, 9.17) is 16.3 Å². The van der Waals surface area contributed by atoms with Crippen LogP contribution in [0.25, 0.3) is 0 Å². The predicted molar refractivity (Wildman–Crippen MR) is 108 cm³/mol. The zero-order valence-electron chi connectivity index (χ0n) is 16.2. The summed E-state index contributed by atoms with van der Waals surface area (Å²) >= 11 is 5.98. The van der Waals surface area contributed by atoms with Crippen molar-refractivity contribution >= 4 is 23.2 Å². The second-order valence-corrected chi connectivity index (χ2v) is 9.24. The molecule has 0 radical (unpaired) electrons. The first-order valence-electron chi connectivity index (χ1n) is 10.3. The van der Waals surface area contributed by atoms with Gasteiger partial charge in [0, 0.05) is 16.1 Å². The summed E-state index contributed by atoms with van der Waals surface area (Å²) in [5.74, 6) is 2.98. The first kappa shape index (κ1) is 18.8. The molecule has 0 spiro atoms. The van der Waals surface area contributed by atoms with Crippen LogP contribution < -0.4 is 10.2 Å². The van der Waals surface area contributed by atoms with Crippen LogP contribution in [0.15, 0.2) is 29.4 Å². The SMILES string of the molecule is CC/C(=N\NC(=O)C(C)Oc1cccc(Cl)c1)C12CC3CC(CC(C3)C1)C2. The van der Waals surface area contributed by atoms with Crippen molar-refractivity contribution in [2.24, 2.45) is 28.3 Å². The predicted octanol–water partition coefficient (Wildman–Crippen LogP) is 5.21. The van der Waals surface area contributed by atoms with Crippen LogP contribution in [0.1, 0.15) is 58.8 Å². The highest BCUT2D eigenvalue weighted by atomic mass is 35.5. The molecule has 1 N–H and O–H groups in total. The highest BCUT2D eigenvalue weighted by molar-refractivity contribution is 6.30. The Bertz CT molecular complexity index is 710. The summed E-state index contributed by atoms with van der Waals surface area (Å²) in [7, 11) is 0. The topological polar surface area (TPSA) is 50.7 Å². The molecule has 1 atom stereocenters. The third-order valence-electron chi connectivity index (χ3n) is 6.76. The van der Waals surface area contributed by atoms with Gasteiger partial charge in [-0.25, -0.2) is 5.43 Å². The van der Waals surface area contributed by atoms with E-state index in [0.29, 0.717) is 10.8 Å². The molecule has 4 aliphatic carbocycles. The molecule has 0 heterocycles. The number of nitrogens with one attached hydrogen (secondary N) is 1. The van der Waals surface area contributed by atoms with Crippen LogP contribution in [0.2, 0.25) is 5.02 Å². The molecule has 4 aliphatic rings. The highest BCUT2D eigenvalue weighted by Gasteiger charge is 2.52. The third-order valence-corrected chi connectivity index (χ3v) is 7.00. The minimum atomic E-state index is -0.623. The minimum Gasteiger partial charge on any atom is -0.481 e. The monoisotopic (exact) mass is 388 g/mol. The van der Waals surface area contributed by atoms with E-state index in [1.807, 2.05) is 6.07 Å². The number of hydrazone groups is 1. The number of rotatable bonds is 6. The Hall–Kier alpha value is -1.55. The normalized spacial score (nSPS) is 33.0. The van der Waals surface area contributed by atoms with E-state index in [9.17, 15) is 4.79 Å². The van der Waals surface area contributed by atoms with E-state index >= 15 is 0 Å². The molecular weight excluding hydrogens is 360 g/mol. The molecule has 0 aliphatic heterocycles. The van der Waals surface area contributed by atoms with Gasteiger partial charge in [0.2, 0.25) is 0 Å². The molecule has 0 aromatic heterocycles. The lowest BCUT2D eigenvalue weighted by Crippen LogP contribution is -2.50. The van der Waals surface area contributed by atoms with Crippen molar-refractivity contribution in [3.8, 4) is 5.75 Å². The lowest BCUT2D eigenvalue weighted by molar-refractivity contribution is -0.127. The number of ether oxygens (including phenoxy) is 1. The maximum Gasteiger partial charge on any atom is 0.280 e. The number of carbonyl (C=O) groups is 1. The molecular formula is C22H29ClN2O2. The average molecular weight is 389 g/mol. The number of hydrogen-bond acceptors (Lipinski definition) is 3. The van der Waals surface area contributed by atoms with Crippen molar-refractivity contribution in [2.75, 3.05) is 0 Å². The molecule has 1 aromatic rings. The van der Waals surface area contributed by atoms with Gasteiger partial charge in [-0.1, -0.05) is 24.6 Å². The van der Waals surface area contributed by atoms with Crippen molar-refractivity contribution < 1.29 is 9.53 Å². The second kappa shape index (κ2) is 7.46. The molecule has 146 valence electrons. The quantitative estimate of drug-likeness (QED) is 0.537. The lowest BCUT2D eigenvalue weighted by atomic mass is 9.48. The van der Waals surface area contributed by atoms with Crippen LogP contribution in [0, 0.1) is 23.2 Å². The second-order valence-electron chi connectivity index (χ2n) is 8.80. The largest absolute Gasteiger partial charge is 0.481 e. The fourth-order valence-electron chi connectivity index (χ4n) is 6.05. The standard InChI is InChI=1S/C22H29ClN2O2/c1-3-20(22-11-15-7-16(12-22)9-17(8-15)13-22)24-25-21(26)14(2)27-19-6-4-5-18(23)10-19/h4-6,10,14-17H,3,7-9,11-13H2,1-2H3,(H,25,26)/b24-20+. The van der Waals surface area contributed by atoms with Crippen LogP contribution in [0.5, 0.6) is 5.75 Å². The van der Waals surface area contributed by atoms with Crippen molar-refractivity contribution in [3.63, 3.8) is 0 Å². The lowest BCUT2D eigenvalue weighted by Gasteiger charge is -2.57. The first-order chi connectivity index (χ1) is 13.0. The molecule has 4 saturated carbocycles. The van der Waals surface area contributed by atoms with Crippen LogP contribution in [-0.2, 0) is 4.79 Å². The van der Waals surface area contributed by atoms with Gasteiger partial charge in [0.05, 0.1) is 0 Å². The molecule has 1 aromatic carbocycles. The van der Waals surface area contributed by atoms with Gasteiger partial charge < -0.3 is 4.74 Å². The van der Waals surface area contributed by atoms with Gasteiger partial charge in [-0.05, 0) is 87.8 Å². The van der Waals surface area contributed by atoms with Crippen molar-refractivity contribution in [3.05, 3.63) is 29.3 Å². The van der Waals surface area contributed by atoms with Crippen LogP contribution in [0.3, 0.4) is 0 Å². The number of benzene rings is 1. The van der Waals surface area contributed by atoms with Crippen molar-refractivity contribution in [1.29, 1.82) is 0 Å². The van der Waals surface area contributed by atoms with Gasteiger partial charge in [0.15, 0.2) is 6.10 Å². The molecule has 0 saturated heterocycles. The van der Waals surface area contributed by atoms with E-state index < -0.39 is 6.10 Å². The summed E-state index contributed by atoms with van der Waals surface area (Å²) in [5, 5.41) is 5.21. The number of amides is 1. The number of halogens is 1. The van der Waals surface area contributed by atoms with Crippen LogP contribution in [0.4, 0.5) is 0 Å². The highest BCUT2D eigenvalue weighted by Crippen LogP contribution is 2.60. The summed E-state index contributed by atoms with van der Waals surface area (Å²) in [6.45, 7) is 3.90. The Morgan fingerprint density at radius 1 is 1.26 bits per heavy atom. The Morgan fingerprint density at radius 2 is 1.89 bits per heavy atom. The maximum atomic E-state index is 12.5. The van der Waals surface area contributed by atoms with Crippen LogP contribution in [-0.4, -0.2) is 17.7 Å². The fourth-order valence-corrected chi connectivity index (χ4v) is 6.23. The summed E-state index contributed by atoms with van der Waals surface area (Å²) in [6, 6.07) is 7.10. The zero-order valence-corrected chi connectivity index (χ0v) is 17.0. The Morgan fingerprint density at radius 3 is 2.44 bits per heavy atom. The molecule has 4 bridgehead atoms. The van der Waals surface area contributed by atoms with E-state index in [1.165, 1.54) is 44.2 Å². The Balaban J connectivity index is 1.42. The number of carbonyl (C=O) groups excluding carboxylic acids is 1.